The van der Waals surface area contributed by atoms with Crippen molar-refractivity contribution in [2.24, 2.45) is 5.10 Å². The summed E-state index contributed by atoms with van der Waals surface area (Å²) in [5, 5.41) is 3.91. The SMILES string of the molecule is COc1cc(/C(C)=N\NC(=O)COc2cccc(F)c2)ccc1OC(F)F. The van der Waals surface area contributed by atoms with Crippen LogP contribution >= 0.6 is 0 Å². The molecule has 0 atom stereocenters. The number of halogens is 3. The Labute approximate surface area is 153 Å². The van der Waals surface area contributed by atoms with Crippen molar-refractivity contribution in [3.63, 3.8) is 0 Å². The molecule has 2 aromatic carbocycles. The number of nitrogens with zero attached hydrogens (tertiary/aromatic N) is 1. The number of hydrogen-bond donors (Lipinski definition) is 1. The number of ether oxygens (including phenoxy) is 3. The summed E-state index contributed by atoms with van der Waals surface area (Å²) in [6.45, 7) is -1.72. The summed E-state index contributed by atoms with van der Waals surface area (Å²) in [5.41, 5.74) is 3.21. The van der Waals surface area contributed by atoms with E-state index in [0.717, 1.165) is 6.07 Å². The van der Waals surface area contributed by atoms with Gasteiger partial charge in [0.15, 0.2) is 18.1 Å². The maximum absolute atomic E-state index is 13.0. The number of amides is 1. The normalized spacial score (nSPS) is 11.3. The second-order valence-electron chi connectivity index (χ2n) is 5.22. The first kappa shape index (κ1) is 20.1. The molecule has 0 aliphatic rings. The highest BCUT2D eigenvalue weighted by molar-refractivity contribution is 5.99. The smallest absolute Gasteiger partial charge is 0.387 e. The van der Waals surface area contributed by atoms with Gasteiger partial charge in [-0.05, 0) is 37.3 Å². The van der Waals surface area contributed by atoms with Crippen LogP contribution in [0.5, 0.6) is 17.2 Å². The maximum Gasteiger partial charge on any atom is 0.387 e. The van der Waals surface area contributed by atoms with Crippen LogP contribution in [0.25, 0.3) is 0 Å². The molecule has 0 aromatic heterocycles. The number of carbonyl (C=O) groups is 1. The lowest BCUT2D eigenvalue weighted by Gasteiger charge is -2.11. The van der Waals surface area contributed by atoms with E-state index >= 15 is 0 Å². The molecule has 2 aromatic rings. The van der Waals surface area contributed by atoms with E-state index in [4.69, 9.17) is 9.47 Å². The highest BCUT2D eigenvalue weighted by Crippen LogP contribution is 2.29. The van der Waals surface area contributed by atoms with Crippen LogP contribution in [0.15, 0.2) is 47.6 Å². The highest BCUT2D eigenvalue weighted by atomic mass is 19.3. The lowest BCUT2D eigenvalue weighted by Crippen LogP contribution is -2.25. The van der Waals surface area contributed by atoms with E-state index in [1.165, 1.54) is 43.5 Å². The average Bonchev–Trinajstić information content (AvgIpc) is 2.64. The Hall–Kier alpha value is -3.23. The maximum atomic E-state index is 13.0. The second-order valence-corrected chi connectivity index (χ2v) is 5.22. The Morgan fingerprint density at radius 1 is 1.19 bits per heavy atom. The summed E-state index contributed by atoms with van der Waals surface area (Å²) in [6.07, 6.45) is 0. The lowest BCUT2D eigenvalue weighted by atomic mass is 10.1. The van der Waals surface area contributed by atoms with Crippen LogP contribution in [0.4, 0.5) is 13.2 Å². The molecule has 1 N–H and O–H groups in total. The zero-order chi connectivity index (χ0) is 19.8. The molecular weight excluding hydrogens is 365 g/mol. The van der Waals surface area contributed by atoms with E-state index in [0.29, 0.717) is 11.3 Å². The molecule has 0 spiro atoms. The minimum atomic E-state index is -2.98. The Bertz CT molecular complexity index is 828. The molecule has 0 aliphatic heterocycles. The third-order valence-electron chi connectivity index (χ3n) is 3.31. The third-order valence-corrected chi connectivity index (χ3v) is 3.31. The van der Waals surface area contributed by atoms with Gasteiger partial charge in [-0.1, -0.05) is 6.07 Å². The Kier molecular flexibility index (Phi) is 7.04. The molecule has 1 amide bonds. The summed E-state index contributed by atoms with van der Waals surface area (Å²) in [7, 11) is 1.31. The van der Waals surface area contributed by atoms with Crippen molar-refractivity contribution in [3.8, 4) is 17.2 Å². The van der Waals surface area contributed by atoms with Crippen molar-refractivity contribution in [1.82, 2.24) is 5.43 Å². The van der Waals surface area contributed by atoms with Crippen LogP contribution in [0, 0.1) is 5.82 Å². The number of benzene rings is 2. The molecule has 0 fully saturated rings. The van der Waals surface area contributed by atoms with Gasteiger partial charge in [0.05, 0.1) is 12.8 Å². The Morgan fingerprint density at radius 2 is 1.96 bits per heavy atom. The molecule has 0 bridgehead atoms. The molecule has 6 nitrogen and oxygen atoms in total. The van der Waals surface area contributed by atoms with Crippen LogP contribution in [-0.4, -0.2) is 31.9 Å². The number of methoxy groups -OCH3 is 1. The van der Waals surface area contributed by atoms with Gasteiger partial charge in [0.25, 0.3) is 5.91 Å². The molecule has 0 saturated carbocycles. The molecule has 9 heteroatoms. The van der Waals surface area contributed by atoms with E-state index in [2.05, 4.69) is 15.3 Å². The van der Waals surface area contributed by atoms with Crippen LogP contribution in [0.3, 0.4) is 0 Å². The van der Waals surface area contributed by atoms with E-state index < -0.39 is 18.3 Å². The molecule has 0 aliphatic carbocycles. The van der Waals surface area contributed by atoms with Crippen LogP contribution in [0.2, 0.25) is 0 Å². The average molecular weight is 382 g/mol. The summed E-state index contributed by atoms with van der Waals surface area (Å²) in [6, 6.07) is 9.64. The minimum absolute atomic E-state index is 0.100. The molecule has 0 saturated heterocycles. The predicted octanol–water partition coefficient (Wildman–Crippen LogP) is 3.35. The number of rotatable bonds is 8. The van der Waals surface area contributed by atoms with E-state index in [-0.39, 0.29) is 23.9 Å². The highest BCUT2D eigenvalue weighted by Gasteiger charge is 2.12. The molecule has 0 radical (unpaired) electrons. The fraction of sp³-hybridized carbons (Fsp3) is 0.222. The van der Waals surface area contributed by atoms with Gasteiger partial charge in [-0.25, -0.2) is 9.82 Å². The quantitative estimate of drug-likeness (QED) is 0.562. The molecule has 2 rings (SSSR count). The van der Waals surface area contributed by atoms with Gasteiger partial charge >= 0.3 is 6.61 Å². The van der Waals surface area contributed by atoms with Crippen molar-refractivity contribution >= 4 is 11.6 Å². The van der Waals surface area contributed by atoms with Gasteiger partial charge < -0.3 is 14.2 Å². The number of hydrogen-bond acceptors (Lipinski definition) is 5. The fourth-order valence-electron chi connectivity index (χ4n) is 2.03. The minimum Gasteiger partial charge on any atom is -0.493 e. The fourth-order valence-corrected chi connectivity index (χ4v) is 2.03. The standard InChI is InChI=1S/C18H17F3N2O4/c1-11(12-6-7-15(27-18(20)21)16(8-12)25-2)22-23-17(24)10-26-14-5-3-4-13(19)9-14/h3-9,18H,10H2,1-2H3,(H,23,24)/b22-11-. The van der Waals surface area contributed by atoms with E-state index in [9.17, 15) is 18.0 Å². The van der Waals surface area contributed by atoms with Crippen molar-refractivity contribution in [2.45, 2.75) is 13.5 Å². The summed E-state index contributed by atoms with van der Waals surface area (Å²) in [4.78, 5) is 11.8. The van der Waals surface area contributed by atoms with Gasteiger partial charge in [0, 0.05) is 11.6 Å². The predicted molar refractivity (Wildman–Crippen MR) is 91.9 cm³/mol. The van der Waals surface area contributed by atoms with Gasteiger partial charge in [-0.3, -0.25) is 4.79 Å². The number of nitrogens with one attached hydrogen (secondary N) is 1. The topological polar surface area (TPSA) is 69.2 Å². The van der Waals surface area contributed by atoms with Crippen molar-refractivity contribution in [2.75, 3.05) is 13.7 Å². The van der Waals surface area contributed by atoms with Crippen LogP contribution in [0.1, 0.15) is 12.5 Å². The van der Waals surface area contributed by atoms with Crippen LogP contribution < -0.4 is 19.6 Å². The molecule has 27 heavy (non-hydrogen) atoms. The van der Waals surface area contributed by atoms with Gasteiger partial charge in [-0.15, -0.1) is 0 Å². The number of hydrazone groups is 1. The largest absolute Gasteiger partial charge is 0.493 e. The first-order valence-electron chi connectivity index (χ1n) is 7.73. The second kappa shape index (κ2) is 9.46. The number of carbonyl (C=O) groups excluding carboxylic acids is 1. The van der Waals surface area contributed by atoms with Gasteiger partial charge in [0.2, 0.25) is 0 Å². The monoisotopic (exact) mass is 382 g/mol. The molecular formula is C18H17F3N2O4. The van der Waals surface area contributed by atoms with Crippen molar-refractivity contribution < 1.29 is 32.2 Å². The molecule has 144 valence electrons. The van der Waals surface area contributed by atoms with Gasteiger partial charge in [-0.2, -0.15) is 13.9 Å². The van der Waals surface area contributed by atoms with Crippen molar-refractivity contribution in [3.05, 3.63) is 53.8 Å². The Morgan fingerprint density at radius 3 is 2.63 bits per heavy atom. The lowest BCUT2D eigenvalue weighted by molar-refractivity contribution is -0.123. The first-order valence-corrected chi connectivity index (χ1v) is 7.73. The van der Waals surface area contributed by atoms with Crippen molar-refractivity contribution in [1.29, 1.82) is 0 Å². The number of alkyl halides is 2. The first-order chi connectivity index (χ1) is 12.9. The summed E-state index contributed by atoms with van der Waals surface area (Å²) >= 11 is 0. The Balaban J connectivity index is 1.97. The summed E-state index contributed by atoms with van der Waals surface area (Å²) < 4.78 is 52.2. The zero-order valence-corrected chi connectivity index (χ0v) is 14.5. The third kappa shape index (κ3) is 6.21. The van der Waals surface area contributed by atoms with Gasteiger partial charge in [0.1, 0.15) is 11.6 Å². The molecule has 0 unspecified atom stereocenters. The van der Waals surface area contributed by atoms with Crippen LogP contribution in [-0.2, 0) is 4.79 Å². The molecule has 0 heterocycles. The zero-order valence-electron chi connectivity index (χ0n) is 14.5. The summed E-state index contributed by atoms with van der Waals surface area (Å²) in [5.74, 6) is -0.830. The van der Waals surface area contributed by atoms with E-state index in [1.54, 1.807) is 6.92 Å². The van der Waals surface area contributed by atoms with E-state index in [1.807, 2.05) is 0 Å².